The zero-order chi connectivity index (χ0) is 16.7. The van der Waals surface area contributed by atoms with Gasteiger partial charge in [0.2, 0.25) is 5.91 Å². The van der Waals surface area contributed by atoms with Gasteiger partial charge in [-0.2, -0.15) is 0 Å². The first-order valence-corrected chi connectivity index (χ1v) is 8.93. The molecule has 0 fully saturated rings. The van der Waals surface area contributed by atoms with Gasteiger partial charge in [0.25, 0.3) is 0 Å². The Morgan fingerprint density at radius 2 is 2.22 bits per heavy atom. The third-order valence-corrected chi connectivity index (χ3v) is 4.58. The standard InChI is InChI=1S/C16H18Cl2N2O2S/c1-11-10-23-16(20-11)6-7-19-15(21)3-2-8-22-14-5-4-12(17)9-13(14)18/h4-5,9-10H,2-3,6-8H2,1H3,(H,19,21). The Labute approximate surface area is 149 Å². The average Bonchev–Trinajstić information content (AvgIpc) is 2.91. The first-order chi connectivity index (χ1) is 11.0. The number of benzene rings is 1. The number of aromatic nitrogens is 1. The first-order valence-electron chi connectivity index (χ1n) is 7.30. The van der Waals surface area contributed by atoms with Crippen LogP contribution in [0.15, 0.2) is 23.6 Å². The zero-order valence-electron chi connectivity index (χ0n) is 12.8. The molecule has 0 aliphatic heterocycles. The van der Waals surface area contributed by atoms with Crippen LogP contribution in [0.1, 0.15) is 23.5 Å². The predicted molar refractivity (Wildman–Crippen MR) is 94.8 cm³/mol. The molecule has 0 spiro atoms. The highest BCUT2D eigenvalue weighted by Gasteiger charge is 2.05. The summed E-state index contributed by atoms with van der Waals surface area (Å²) in [5.74, 6) is 0.597. The molecule has 0 aliphatic carbocycles. The van der Waals surface area contributed by atoms with Crippen molar-refractivity contribution in [2.75, 3.05) is 13.2 Å². The SMILES string of the molecule is Cc1csc(CCNC(=O)CCCOc2ccc(Cl)cc2Cl)n1. The summed E-state index contributed by atoms with van der Waals surface area (Å²) in [7, 11) is 0. The number of hydrogen-bond acceptors (Lipinski definition) is 4. The fraction of sp³-hybridized carbons (Fsp3) is 0.375. The van der Waals surface area contributed by atoms with Gasteiger partial charge in [0.15, 0.2) is 0 Å². The van der Waals surface area contributed by atoms with Gasteiger partial charge in [-0.05, 0) is 31.5 Å². The monoisotopic (exact) mass is 372 g/mol. The van der Waals surface area contributed by atoms with E-state index in [0.717, 1.165) is 17.1 Å². The Kier molecular flexibility index (Phi) is 7.15. The molecule has 1 N–H and O–H groups in total. The molecule has 0 saturated carbocycles. The number of thiazole rings is 1. The number of hydrogen-bond donors (Lipinski definition) is 1. The van der Waals surface area contributed by atoms with Crippen molar-refractivity contribution in [1.82, 2.24) is 10.3 Å². The predicted octanol–water partition coefficient (Wildman–Crippen LogP) is 4.28. The Hall–Kier alpha value is -1.30. The lowest BCUT2D eigenvalue weighted by atomic mass is 10.3. The zero-order valence-corrected chi connectivity index (χ0v) is 15.1. The van der Waals surface area contributed by atoms with E-state index in [4.69, 9.17) is 27.9 Å². The Morgan fingerprint density at radius 1 is 1.39 bits per heavy atom. The largest absolute Gasteiger partial charge is 0.492 e. The van der Waals surface area contributed by atoms with Gasteiger partial charge in [-0.3, -0.25) is 4.79 Å². The molecule has 124 valence electrons. The molecule has 0 aliphatic rings. The summed E-state index contributed by atoms with van der Waals surface area (Å²) >= 11 is 13.4. The average molecular weight is 373 g/mol. The van der Waals surface area contributed by atoms with Crippen molar-refractivity contribution >= 4 is 40.4 Å². The highest BCUT2D eigenvalue weighted by molar-refractivity contribution is 7.09. The number of halogens is 2. The minimum Gasteiger partial charge on any atom is -0.492 e. The fourth-order valence-electron chi connectivity index (χ4n) is 1.92. The summed E-state index contributed by atoms with van der Waals surface area (Å²) in [4.78, 5) is 16.1. The molecule has 2 aromatic rings. The van der Waals surface area contributed by atoms with Crippen LogP contribution in [0.4, 0.5) is 0 Å². The maximum atomic E-state index is 11.7. The number of amides is 1. The van der Waals surface area contributed by atoms with E-state index in [2.05, 4.69) is 10.3 Å². The number of aryl methyl sites for hydroxylation is 1. The van der Waals surface area contributed by atoms with Crippen molar-refractivity contribution in [3.8, 4) is 5.75 Å². The number of nitrogens with zero attached hydrogens (tertiary/aromatic N) is 1. The van der Waals surface area contributed by atoms with Crippen LogP contribution in [-0.4, -0.2) is 24.0 Å². The normalized spacial score (nSPS) is 10.6. The Balaban J connectivity index is 1.59. The molecule has 0 saturated heterocycles. The third kappa shape index (κ3) is 6.37. The summed E-state index contributed by atoms with van der Waals surface area (Å²) in [5, 5.41) is 6.98. The van der Waals surface area contributed by atoms with Gasteiger partial charge in [0.05, 0.1) is 16.6 Å². The number of carbonyl (C=O) groups excluding carboxylic acids is 1. The van der Waals surface area contributed by atoms with Crippen molar-refractivity contribution in [2.45, 2.75) is 26.2 Å². The topological polar surface area (TPSA) is 51.2 Å². The van der Waals surface area contributed by atoms with E-state index in [1.54, 1.807) is 29.5 Å². The minimum absolute atomic E-state index is 0.0177. The molecule has 7 heteroatoms. The van der Waals surface area contributed by atoms with E-state index in [-0.39, 0.29) is 5.91 Å². The number of ether oxygens (including phenoxy) is 1. The Morgan fingerprint density at radius 3 is 2.91 bits per heavy atom. The lowest BCUT2D eigenvalue weighted by Crippen LogP contribution is -2.25. The fourth-order valence-corrected chi connectivity index (χ4v) is 3.16. The second-order valence-electron chi connectivity index (χ2n) is 5.01. The minimum atomic E-state index is 0.0177. The van der Waals surface area contributed by atoms with Crippen LogP contribution < -0.4 is 10.1 Å². The quantitative estimate of drug-likeness (QED) is 0.703. The lowest BCUT2D eigenvalue weighted by Gasteiger charge is -2.08. The highest BCUT2D eigenvalue weighted by atomic mass is 35.5. The van der Waals surface area contributed by atoms with Gasteiger partial charge < -0.3 is 10.1 Å². The van der Waals surface area contributed by atoms with Crippen molar-refractivity contribution in [3.05, 3.63) is 44.3 Å². The maximum Gasteiger partial charge on any atom is 0.220 e. The molecular weight excluding hydrogens is 355 g/mol. The summed E-state index contributed by atoms with van der Waals surface area (Å²) in [5.41, 5.74) is 1.02. The van der Waals surface area contributed by atoms with Crippen LogP contribution in [0.25, 0.3) is 0 Å². The number of nitrogens with one attached hydrogen (secondary N) is 1. The third-order valence-electron chi connectivity index (χ3n) is 3.03. The molecule has 0 radical (unpaired) electrons. The molecule has 23 heavy (non-hydrogen) atoms. The van der Waals surface area contributed by atoms with Crippen LogP contribution >= 0.6 is 34.5 Å². The molecule has 2 rings (SSSR count). The molecule has 0 bridgehead atoms. The van der Waals surface area contributed by atoms with E-state index >= 15 is 0 Å². The molecular formula is C16H18Cl2N2O2S. The van der Waals surface area contributed by atoms with Crippen molar-refractivity contribution < 1.29 is 9.53 Å². The van der Waals surface area contributed by atoms with Crippen LogP contribution in [-0.2, 0) is 11.2 Å². The number of carbonyl (C=O) groups is 1. The van der Waals surface area contributed by atoms with Crippen LogP contribution in [0.3, 0.4) is 0 Å². The van der Waals surface area contributed by atoms with E-state index < -0.39 is 0 Å². The van der Waals surface area contributed by atoms with Gasteiger partial charge in [-0.1, -0.05) is 23.2 Å². The molecule has 1 amide bonds. The maximum absolute atomic E-state index is 11.7. The number of rotatable bonds is 8. The van der Waals surface area contributed by atoms with Crippen molar-refractivity contribution in [2.24, 2.45) is 0 Å². The molecule has 1 aromatic heterocycles. The van der Waals surface area contributed by atoms with E-state index in [1.165, 1.54) is 0 Å². The molecule has 4 nitrogen and oxygen atoms in total. The second-order valence-corrected chi connectivity index (χ2v) is 6.80. The first kappa shape index (κ1) is 18.0. The van der Waals surface area contributed by atoms with Crippen LogP contribution in [0.5, 0.6) is 5.75 Å². The molecule has 1 heterocycles. The van der Waals surface area contributed by atoms with E-state index in [0.29, 0.717) is 41.8 Å². The van der Waals surface area contributed by atoms with Gasteiger partial charge in [0, 0.05) is 35.5 Å². The summed E-state index contributed by atoms with van der Waals surface area (Å²) in [6.45, 7) is 3.00. The molecule has 1 aromatic carbocycles. The summed E-state index contributed by atoms with van der Waals surface area (Å²) < 4.78 is 5.54. The Bertz CT molecular complexity index is 661. The molecule has 0 unspecified atom stereocenters. The smallest absolute Gasteiger partial charge is 0.220 e. The van der Waals surface area contributed by atoms with E-state index in [1.807, 2.05) is 12.3 Å². The summed E-state index contributed by atoms with van der Waals surface area (Å²) in [6.07, 6.45) is 1.81. The van der Waals surface area contributed by atoms with Crippen LogP contribution in [0.2, 0.25) is 10.0 Å². The lowest BCUT2D eigenvalue weighted by molar-refractivity contribution is -0.121. The van der Waals surface area contributed by atoms with Gasteiger partial charge in [-0.15, -0.1) is 11.3 Å². The van der Waals surface area contributed by atoms with Crippen molar-refractivity contribution in [3.63, 3.8) is 0 Å². The van der Waals surface area contributed by atoms with Crippen molar-refractivity contribution in [1.29, 1.82) is 0 Å². The van der Waals surface area contributed by atoms with E-state index in [9.17, 15) is 4.79 Å². The van der Waals surface area contributed by atoms with Gasteiger partial charge in [0.1, 0.15) is 5.75 Å². The summed E-state index contributed by atoms with van der Waals surface area (Å²) in [6, 6.07) is 5.07. The molecule has 0 atom stereocenters. The van der Waals surface area contributed by atoms with Gasteiger partial charge >= 0.3 is 0 Å². The second kappa shape index (κ2) is 9.11. The van der Waals surface area contributed by atoms with Gasteiger partial charge in [-0.25, -0.2) is 4.98 Å². The van der Waals surface area contributed by atoms with Crippen LogP contribution in [0, 0.1) is 6.92 Å². The highest BCUT2D eigenvalue weighted by Crippen LogP contribution is 2.27.